The quantitative estimate of drug-likeness (QED) is 0.646. The maximum Gasteiger partial charge on any atom is 0.322 e. The summed E-state index contributed by atoms with van der Waals surface area (Å²) >= 11 is 0. The first-order valence-electron chi connectivity index (χ1n) is 10.7. The number of anilines is 1. The van der Waals surface area contributed by atoms with E-state index in [1.807, 2.05) is 34.7 Å². The van der Waals surface area contributed by atoms with Crippen molar-refractivity contribution in [2.24, 2.45) is 0 Å². The lowest BCUT2D eigenvalue weighted by Gasteiger charge is -2.25. The normalized spacial score (nSPS) is 16.1. The Bertz CT molecular complexity index is 1020. The first-order chi connectivity index (χ1) is 14.5. The topological polar surface area (TPSA) is 50.2 Å². The summed E-state index contributed by atoms with van der Waals surface area (Å²) in [5.74, 6) is 0. The van der Waals surface area contributed by atoms with Gasteiger partial charge in [-0.05, 0) is 69.4 Å². The average Bonchev–Trinajstić information content (AvgIpc) is 3.30. The van der Waals surface area contributed by atoms with Crippen LogP contribution in [0.3, 0.4) is 0 Å². The van der Waals surface area contributed by atoms with Gasteiger partial charge in [0, 0.05) is 24.0 Å². The predicted molar refractivity (Wildman–Crippen MR) is 121 cm³/mol. The summed E-state index contributed by atoms with van der Waals surface area (Å²) < 4.78 is 1.99. The molecular formula is C25H30N4O. The Morgan fingerprint density at radius 3 is 2.60 bits per heavy atom. The van der Waals surface area contributed by atoms with Gasteiger partial charge < -0.3 is 10.2 Å². The molecule has 1 aliphatic heterocycles. The zero-order chi connectivity index (χ0) is 21.1. The largest absolute Gasteiger partial charge is 0.322 e. The number of rotatable bonds is 5. The molecule has 0 bridgehead atoms. The van der Waals surface area contributed by atoms with Gasteiger partial charge in [-0.3, -0.25) is 4.68 Å². The molecule has 5 heteroatoms. The molecule has 1 fully saturated rings. The maximum absolute atomic E-state index is 13.0. The monoisotopic (exact) mass is 402 g/mol. The summed E-state index contributed by atoms with van der Waals surface area (Å²) in [6, 6.07) is 19.0. The predicted octanol–water partition coefficient (Wildman–Crippen LogP) is 5.10. The Morgan fingerprint density at radius 1 is 1.07 bits per heavy atom. The van der Waals surface area contributed by atoms with E-state index in [-0.39, 0.29) is 12.1 Å². The molecule has 0 saturated carbocycles. The molecule has 1 N–H and O–H groups in total. The second-order valence-electron chi connectivity index (χ2n) is 8.39. The summed E-state index contributed by atoms with van der Waals surface area (Å²) in [5, 5.41) is 7.65. The average molecular weight is 403 g/mol. The molecule has 2 amide bonds. The number of aryl methyl sites for hydroxylation is 3. The van der Waals surface area contributed by atoms with Crippen LogP contribution in [0.4, 0.5) is 10.5 Å². The van der Waals surface area contributed by atoms with Crippen molar-refractivity contribution in [2.75, 3.05) is 11.9 Å². The van der Waals surface area contributed by atoms with Crippen LogP contribution in [-0.2, 0) is 13.0 Å². The summed E-state index contributed by atoms with van der Waals surface area (Å²) in [5.41, 5.74) is 6.66. The van der Waals surface area contributed by atoms with E-state index in [4.69, 9.17) is 0 Å². The van der Waals surface area contributed by atoms with Crippen molar-refractivity contribution in [1.82, 2.24) is 14.7 Å². The van der Waals surface area contributed by atoms with E-state index in [2.05, 4.69) is 60.7 Å². The molecule has 1 aromatic heterocycles. The minimum atomic E-state index is -0.00660. The Balaban J connectivity index is 1.41. The number of amides is 2. The van der Waals surface area contributed by atoms with E-state index in [9.17, 15) is 4.79 Å². The lowest BCUT2D eigenvalue weighted by molar-refractivity contribution is 0.206. The smallest absolute Gasteiger partial charge is 0.321 e. The third-order valence-corrected chi connectivity index (χ3v) is 5.84. The molecule has 156 valence electrons. The minimum Gasteiger partial charge on any atom is -0.321 e. The Hall–Kier alpha value is -3.08. The van der Waals surface area contributed by atoms with Gasteiger partial charge in [0.15, 0.2) is 0 Å². The van der Waals surface area contributed by atoms with Crippen LogP contribution >= 0.6 is 0 Å². The van der Waals surface area contributed by atoms with Crippen molar-refractivity contribution in [1.29, 1.82) is 0 Å². The molecule has 2 aromatic carbocycles. The molecule has 2 heterocycles. The lowest BCUT2D eigenvalue weighted by atomic mass is 10.0. The fraction of sp³-hybridized carbons (Fsp3) is 0.360. The number of likely N-dealkylation sites (tertiary alicyclic amines) is 1. The molecule has 30 heavy (non-hydrogen) atoms. The number of hydrogen-bond acceptors (Lipinski definition) is 2. The van der Waals surface area contributed by atoms with Crippen LogP contribution in [0.15, 0.2) is 54.6 Å². The van der Waals surface area contributed by atoms with Crippen molar-refractivity contribution < 1.29 is 4.79 Å². The molecule has 3 aromatic rings. The number of nitrogens with zero attached hydrogens (tertiary/aromatic N) is 3. The highest BCUT2D eigenvalue weighted by Crippen LogP contribution is 2.23. The molecule has 1 atom stereocenters. The SMILES string of the molecule is Cc1ccc(CC2CCCN2C(=O)Nc2cccc(Cn3nc(C)cc3C)c2)cc1. The number of benzene rings is 2. The minimum absolute atomic E-state index is 0.00660. The highest BCUT2D eigenvalue weighted by atomic mass is 16.2. The summed E-state index contributed by atoms with van der Waals surface area (Å²) in [6.45, 7) is 7.68. The van der Waals surface area contributed by atoms with E-state index in [1.54, 1.807) is 0 Å². The summed E-state index contributed by atoms with van der Waals surface area (Å²) in [6.07, 6.45) is 3.02. The Morgan fingerprint density at radius 2 is 1.87 bits per heavy atom. The molecule has 0 aliphatic carbocycles. The number of carbonyl (C=O) groups excluding carboxylic acids is 1. The van der Waals surface area contributed by atoms with Gasteiger partial charge in [-0.25, -0.2) is 4.79 Å². The number of hydrogen-bond donors (Lipinski definition) is 1. The Labute approximate surface area is 178 Å². The first-order valence-corrected chi connectivity index (χ1v) is 10.7. The molecule has 5 nitrogen and oxygen atoms in total. The van der Waals surface area contributed by atoms with Gasteiger partial charge >= 0.3 is 6.03 Å². The van der Waals surface area contributed by atoms with E-state index in [0.717, 1.165) is 48.4 Å². The summed E-state index contributed by atoms with van der Waals surface area (Å²) in [4.78, 5) is 15.0. The molecule has 1 unspecified atom stereocenters. The number of aromatic nitrogens is 2. The molecule has 0 spiro atoms. The zero-order valence-corrected chi connectivity index (χ0v) is 18.1. The van der Waals surface area contributed by atoms with Gasteiger partial charge in [-0.1, -0.05) is 42.0 Å². The molecular weight excluding hydrogens is 372 g/mol. The zero-order valence-electron chi connectivity index (χ0n) is 18.1. The van der Waals surface area contributed by atoms with Gasteiger partial charge in [0.05, 0.1) is 12.2 Å². The van der Waals surface area contributed by atoms with E-state index >= 15 is 0 Å². The lowest BCUT2D eigenvalue weighted by Crippen LogP contribution is -2.39. The fourth-order valence-electron chi connectivity index (χ4n) is 4.26. The number of urea groups is 1. The second-order valence-corrected chi connectivity index (χ2v) is 8.39. The van der Waals surface area contributed by atoms with Crippen LogP contribution in [-0.4, -0.2) is 33.3 Å². The maximum atomic E-state index is 13.0. The van der Waals surface area contributed by atoms with Gasteiger partial charge in [0.2, 0.25) is 0 Å². The third-order valence-electron chi connectivity index (χ3n) is 5.84. The van der Waals surface area contributed by atoms with Gasteiger partial charge in [-0.15, -0.1) is 0 Å². The van der Waals surface area contributed by atoms with Crippen LogP contribution in [0.25, 0.3) is 0 Å². The van der Waals surface area contributed by atoms with Gasteiger partial charge in [0.1, 0.15) is 0 Å². The molecule has 1 saturated heterocycles. The highest BCUT2D eigenvalue weighted by molar-refractivity contribution is 5.89. The summed E-state index contributed by atoms with van der Waals surface area (Å²) in [7, 11) is 0. The van der Waals surface area contributed by atoms with E-state index in [0.29, 0.717) is 6.54 Å². The fourth-order valence-corrected chi connectivity index (χ4v) is 4.26. The standard InChI is InChI=1S/C25H30N4O/c1-18-9-11-21(12-10-18)16-24-8-5-13-28(24)25(30)26-23-7-4-6-22(15-23)17-29-20(3)14-19(2)27-29/h4,6-7,9-12,14-15,24H,5,8,13,16-17H2,1-3H3,(H,26,30). The van der Waals surface area contributed by atoms with Crippen molar-refractivity contribution in [3.8, 4) is 0 Å². The van der Waals surface area contributed by atoms with E-state index in [1.165, 1.54) is 11.1 Å². The van der Waals surface area contributed by atoms with Gasteiger partial charge in [-0.2, -0.15) is 5.10 Å². The molecule has 1 aliphatic rings. The van der Waals surface area contributed by atoms with Gasteiger partial charge in [0.25, 0.3) is 0 Å². The first kappa shape index (κ1) is 20.2. The van der Waals surface area contributed by atoms with Crippen LogP contribution in [0.1, 0.15) is 40.9 Å². The third kappa shape index (κ3) is 4.73. The van der Waals surface area contributed by atoms with Crippen molar-refractivity contribution >= 4 is 11.7 Å². The van der Waals surface area contributed by atoms with Crippen molar-refractivity contribution in [3.63, 3.8) is 0 Å². The van der Waals surface area contributed by atoms with Crippen LogP contribution in [0.5, 0.6) is 0 Å². The highest BCUT2D eigenvalue weighted by Gasteiger charge is 2.28. The Kier molecular flexibility index (Phi) is 5.88. The van der Waals surface area contributed by atoms with Crippen LogP contribution in [0.2, 0.25) is 0 Å². The molecule has 4 rings (SSSR count). The van der Waals surface area contributed by atoms with Crippen molar-refractivity contribution in [2.45, 2.75) is 52.6 Å². The van der Waals surface area contributed by atoms with Crippen molar-refractivity contribution in [3.05, 3.63) is 82.7 Å². The molecule has 0 radical (unpaired) electrons. The van der Waals surface area contributed by atoms with Crippen LogP contribution < -0.4 is 5.32 Å². The van der Waals surface area contributed by atoms with Crippen LogP contribution in [0, 0.1) is 20.8 Å². The number of nitrogens with one attached hydrogen (secondary N) is 1. The van der Waals surface area contributed by atoms with E-state index < -0.39 is 0 Å². The second kappa shape index (κ2) is 8.74. The number of carbonyl (C=O) groups is 1.